The maximum absolute atomic E-state index is 10.3. The molecule has 0 unspecified atom stereocenters. The van der Waals surface area contributed by atoms with Gasteiger partial charge in [-0.05, 0) is 0 Å². The van der Waals surface area contributed by atoms with Crippen molar-refractivity contribution in [3.05, 3.63) is 0 Å². The number of hydrogen-bond donors (Lipinski definition) is 3. The van der Waals surface area contributed by atoms with E-state index in [1.54, 1.807) is 0 Å². The highest BCUT2D eigenvalue weighted by Gasteiger charge is 2.24. The van der Waals surface area contributed by atoms with Gasteiger partial charge in [0.1, 0.15) is 0 Å². The lowest BCUT2D eigenvalue weighted by atomic mass is 10.3. The largest absolute Gasteiger partial charge is 0.372 e. The second-order valence-corrected chi connectivity index (χ2v) is 1.35. The Morgan fingerprint density at radius 3 is 1.60 bits per heavy atom. The molecule has 0 aromatic carbocycles. The molecule has 0 rings (SSSR count). The molecule has 0 fully saturated rings. The van der Waals surface area contributed by atoms with Crippen LogP contribution in [0.15, 0.2) is 0 Å². The van der Waals surface area contributed by atoms with E-state index < -0.39 is 18.0 Å². The van der Waals surface area contributed by atoms with E-state index in [0.29, 0.717) is 0 Å². The van der Waals surface area contributed by atoms with Gasteiger partial charge in [0.05, 0.1) is 0 Å². The van der Waals surface area contributed by atoms with Gasteiger partial charge in [-0.3, -0.25) is 0 Å². The minimum atomic E-state index is -1.57. The molecule has 0 heterocycles. The first-order valence-electron chi connectivity index (χ1n) is 2.20. The summed E-state index contributed by atoms with van der Waals surface area (Å²) in [7, 11) is 0. The molecule has 0 saturated heterocycles. The zero-order valence-electron chi connectivity index (χ0n) is 4.94. The van der Waals surface area contributed by atoms with Crippen LogP contribution in [0, 0.1) is 0 Å². The minimum absolute atomic E-state index is 1.10. The van der Waals surface area contributed by atoms with Crippen molar-refractivity contribution in [1.29, 1.82) is 0 Å². The molecule has 7 heteroatoms. The van der Waals surface area contributed by atoms with Crippen molar-refractivity contribution in [2.24, 2.45) is 17.5 Å². The summed E-state index contributed by atoms with van der Waals surface area (Å²) in [5, 5.41) is 0. The maximum Gasteiger partial charge on any atom is 0.353 e. The highest BCUT2D eigenvalue weighted by Crippen LogP contribution is 1.83. The quantitative estimate of drug-likeness (QED) is 0.284. The van der Waals surface area contributed by atoms with Crippen molar-refractivity contribution < 1.29 is 19.3 Å². The lowest BCUT2D eigenvalue weighted by molar-refractivity contribution is -0.157. The van der Waals surface area contributed by atoms with Crippen molar-refractivity contribution in [2.45, 2.75) is 6.04 Å². The van der Waals surface area contributed by atoms with Gasteiger partial charge < -0.3 is 15.4 Å². The molecule has 0 aliphatic carbocycles. The highest BCUT2D eigenvalue weighted by molar-refractivity contribution is 5.98. The van der Waals surface area contributed by atoms with Crippen molar-refractivity contribution in [3.8, 4) is 0 Å². The first kappa shape index (κ1) is 8.82. The first-order valence-corrected chi connectivity index (χ1v) is 2.20. The Morgan fingerprint density at radius 2 is 1.40 bits per heavy atom. The average Bonchev–Trinajstić information content (AvgIpc) is 2.00. The van der Waals surface area contributed by atoms with Crippen LogP contribution in [-0.4, -0.2) is 18.0 Å². The molecule has 0 radical (unpaired) electrons. The molecule has 0 spiro atoms. The van der Waals surface area contributed by atoms with Gasteiger partial charge in [-0.2, -0.15) is 11.8 Å². The third kappa shape index (κ3) is 1.97. The monoisotopic (exact) mass is 149 g/mol. The normalized spacial score (nSPS) is 9.20. The Balaban J connectivity index is 3.94. The van der Waals surface area contributed by atoms with E-state index in [-0.39, 0.29) is 0 Å². The summed E-state index contributed by atoms with van der Waals surface area (Å²) >= 11 is 0. The molecule has 0 aromatic rings. The molecule has 6 N–H and O–H groups in total. The van der Waals surface area contributed by atoms with Crippen molar-refractivity contribution in [2.75, 3.05) is 0 Å². The van der Waals surface area contributed by atoms with E-state index in [0.717, 1.165) is 0 Å². The standard InChI is InChI=1S/C3H7N3O4/c4-1(2(7)9-5)3(8)10-6/h1H,4-6H2. The number of hydrogen-bond acceptors (Lipinski definition) is 7. The maximum atomic E-state index is 10.3. The fourth-order valence-electron chi connectivity index (χ4n) is 0.243. The van der Waals surface area contributed by atoms with Crippen LogP contribution in [0.25, 0.3) is 0 Å². The van der Waals surface area contributed by atoms with E-state index in [2.05, 4.69) is 21.5 Å². The molecule has 0 amide bonds. The van der Waals surface area contributed by atoms with Gasteiger partial charge in [0.15, 0.2) is 0 Å². The molecule has 0 atom stereocenters. The number of nitrogens with two attached hydrogens (primary N) is 3. The zero-order valence-corrected chi connectivity index (χ0v) is 4.94. The van der Waals surface area contributed by atoms with E-state index in [9.17, 15) is 9.59 Å². The lowest BCUT2D eigenvalue weighted by Gasteiger charge is -2.03. The van der Waals surface area contributed by atoms with Crippen LogP contribution < -0.4 is 17.5 Å². The van der Waals surface area contributed by atoms with Crippen LogP contribution in [0.2, 0.25) is 0 Å². The van der Waals surface area contributed by atoms with Crippen molar-refractivity contribution in [1.82, 2.24) is 0 Å². The molecule has 7 nitrogen and oxygen atoms in total. The summed E-state index contributed by atoms with van der Waals surface area (Å²) < 4.78 is 0. The summed E-state index contributed by atoms with van der Waals surface area (Å²) in [6, 6.07) is -1.57. The summed E-state index contributed by atoms with van der Waals surface area (Å²) in [6.07, 6.45) is 0. The van der Waals surface area contributed by atoms with Gasteiger partial charge in [-0.1, -0.05) is 0 Å². The van der Waals surface area contributed by atoms with Crippen LogP contribution in [0.1, 0.15) is 0 Å². The van der Waals surface area contributed by atoms with Crippen LogP contribution in [0.5, 0.6) is 0 Å². The third-order valence-electron chi connectivity index (χ3n) is 0.740. The van der Waals surface area contributed by atoms with Gasteiger partial charge in [0.2, 0.25) is 6.04 Å². The Hall–Kier alpha value is -1.18. The number of rotatable bonds is 2. The van der Waals surface area contributed by atoms with Gasteiger partial charge in [0.25, 0.3) is 0 Å². The average molecular weight is 149 g/mol. The molecule has 0 bridgehead atoms. The van der Waals surface area contributed by atoms with E-state index in [4.69, 9.17) is 5.73 Å². The molecule has 0 aromatic heterocycles. The Labute approximate surface area is 55.9 Å². The summed E-state index contributed by atoms with van der Waals surface area (Å²) in [6.45, 7) is 0. The van der Waals surface area contributed by atoms with Crippen molar-refractivity contribution in [3.63, 3.8) is 0 Å². The zero-order chi connectivity index (χ0) is 8.15. The van der Waals surface area contributed by atoms with E-state index in [1.807, 2.05) is 0 Å². The van der Waals surface area contributed by atoms with E-state index in [1.165, 1.54) is 0 Å². The molecule has 10 heavy (non-hydrogen) atoms. The van der Waals surface area contributed by atoms with Crippen molar-refractivity contribution >= 4 is 11.9 Å². The number of carbonyl (C=O) groups excluding carboxylic acids is 2. The minimum Gasteiger partial charge on any atom is -0.372 e. The molecule has 0 aliphatic heterocycles. The summed E-state index contributed by atoms with van der Waals surface area (Å²) in [5.74, 6) is 6.57. The van der Waals surface area contributed by atoms with Crippen LogP contribution in [0.4, 0.5) is 0 Å². The van der Waals surface area contributed by atoms with Crippen LogP contribution in [-0.2, 0) is 19.3 Å². The predicted molar refractivity (Wildman–Crippen MR) is 28.5 cm³/mol. The Kier molecular flexibility index (Phi) is 3.33. The van der Waals surface area contributed by atoms with Crippen LogP contribution in [0.3, 0.4) is 0 Å². The lowest BCUT2D eigenvalue weighted by Crippen LogP contribution is -2.43. The Morgan fingerprint density at radius 1 is 1.10 bits per heavy atom. The smallest absolute Gasteiger partial charge is 0.353 e. The first-order chi connectivity index (χ1) is 4.63. The topological polar surface area (TPSA) is 131 Å². The summed E-state index contributed by atoms with van der Waals surface area (Å²) in [5.41, 5.74) is 4.87. The van der Waals surface area contributed by atoms with Gasteiger partial charge in [-0.25, -0.2) is 9.59 Å². The second kappa shape index (κ2) is 3.77. The third-order valence-corrected chi connectivity index (χ3v) is 0.740. The van der Waals surface area contributed by atoms with Gasteiger partial charge >= 0.3 is 11.9 Å². The second-order valence-electron chi connectivity index (χ2n) is 1.35. The van der Waals surface area contributed by atoms with Gasteiger partial charge in [0, 0.05) is 0 Å². The molecule has 0 aliphatic rings. The predicted octanol–water partition coefficient (Wildman–Crippen LogP) is -2.85. The SMILES string of the molecule is NOC(=O)C(N)C(=O)ON. The fourth-order valence-corrected chi connectivity index (χ4v) is 0.243. The molecular weight excluding hydrogens is 142 g/mol. The van der Waals surface area contributed by atoms with E-state index >= 15 is 0 Å². The van der Waals surface area contributed by atoms with Crippen LogP contribution >= 0.6 is 0 Å². The molecule has 58 valence electrons. The fraction of sp³-hybridized carbons (Fsp3) is 0.333. The highest BCUT2D eigenvalue weighted by atomic mass is 16.7. The Bertz CT molecular complexity index is 131. The summed E-state index contributed by atoms with van der Waals surface area (Å²) in [4.78, 5) is 27.8. The number of carbonyl (C=O) groups is 2. The molecule has 0 saturated carbocycles. The van der Waals surface area contributed by atoms with Gasteiger partial charge in [-0.15, -0.1) is 0 Å². The molecular formula is C3H7N3O4.